The van der Waals surface area contributed by atoms with E-state index in [0.29, 0.717) is 23.8 Å². The monoisotopic (exact) mass is 329 g/mol. The number of carbonyl (C=O) groups is 1. The number of aromatic nitrogens is 2. The van der Waals surface area contributed by atoms with Gasteiger partial charge in [-0.25, -0.2) is 9.97 Å². The second-order valence-corrected chi connectivity index (χ2v) is 5.73. The number of hydrogen-bond acceptors (Lipinski definition) is 5. The molecular formula is C14H18F3N5O. The zero-order valence-electron chi connectivity index (χ0n) is 12.7. The van der Waals surface area contributed by atoms with E-state index in [1.807, 2.05) is 0 Å². The molecule has 0 saturated carbocycles. The van der Waals surface area contributed by atoms with Gasteiger partial charge >= 0.3 is 12.1 Å². The van der Waals surface area contributed by atoms with E-state index < -0.39 is 12.1 Å². The molecule has 3 heterocycles. The number of rotatable bonds is 2. The summed E-state index contributed by atoms with van der Waals surface area (Å²) in [5.41, 5.74) is 1.29. The van der Waals surface area contributed by atoms with Gasteiger partial charge in [0.05, 0.1) is 18.3 Å². The van der Waals surface area contributed by atoms with Crippen LogP contribution in [0.2, 0.25) is 0 Å². The van der Waals surface area contributed by atoms with Crippen LogP contribution in [-0.2, 0) is 17.8 Å². The summed E-state index contributed by atoms with van der Waals surface area (Å²) in [6.45, 7) is 0.758. The normalized spacial score (nSPS) is 21.2. The van der Waals surface area contributed by atoms with Crippen molar-refractivity contribution >= 4 is 11.7 Å². The smallest absolute Gasteiger partial charge is 0.373 e. The maximum atomic E-state index is 12.6. The van der Waals surface area contributed by atoms with Crippen molar-refractivity contribution in [2.45, 2.75) is 38.0 Å². The van der Waals surface area contributed by atoms with Gasteiger partial charge in [0.1, 0.15) is 11.6 Å². The highest BCUT2D eigenvalue weighted by atomic mass is 19.4. The number of nitrogens with one attached hydrogen (secondary N) is 2. The lowest BCUT2D eigenvalue weighted by atomic mass is 10.0. The molecule has 0 bridgehead atoms. The summed E-state index contributed by atoms with van der Waals surface area (Å²) in [6, 6.07) is 0.0149. The molecule has 0 radical (unpaired) electrons. The summed E-state index contributed by atoms with van der Waals surface area (Å²) in [4.78, 5) is 21.2. The molecule has 126 valence electrons. The van der Waals surface area contributed by atoms with Crippen molar-refractivity contribution in [2.24, 2.45) is 0 Å². The van der Waals surface area contributed by atoms with E-state index in [1.165, 1.54) is 0 Å². The summed E-state index contributed by atoms with van der Waals surface area (Å²) < 4.78 is 37.9. The summed E-state index contributed by atoms with van der Waals surface area (Å²) >= 11 is 0. The largest absolute Gasteiger partial charge is 0.471 e. The summed E-state index contributed by atoms with van der Waals surface area (Å²) in [5, 5.41) is 6.26. The van der Waals surface area contributed by atoms with Gasteiger partial charge in [-0.05, 0) is 25.8 Å². The fourth-order valence-electron chi connectivity index (χ4n) is 3.07. The Morgan fingerprint density at radius 2 is 2.17 bits per heavy atom. The van der Waals surface area contributed by atoms with Crippen molar-refractivity contribution in [3.8, 4) is 0 Å². The number of amides is 1. The van der Waals surface area contributed by atoms with E-state index in [-0.39, 0.29) is 19.1 Å². The maximum absolute atomic E-state index is 12.6. The van der Waals surface area contributed by atoms with Crippen LogP contribution < -0.4 is 10.6 Å². The number of alkyl halides is 3. The van der Waals surface area contributed by atoms with E-state index >= 15 is 0 Å². The van der Waals surface area contributed by atoms with Crippen LogP contribution in [0.15, 0.2) is 0 Å². The molecule has 2 aliphatic rings. The van der Waals surface area contributed by atoms with Crippen LogP contribution in [0, 0.1) is 0 Å². The van der Waals surface area contributed by atoms with E-state index in [4.69, 9.17) is 0 Å². The van der Waals surface area contributed by atoms with Gasteiger partial charge in [-0.1, -0.05) is 0 Å². The fraction of sp³-hybridized carbons (Fsp3) is 0.643. The summed E-state index contributed by atoms with van der Waals surface area (Å²) in [7, 11) is 1.72. The van der Waals surface area contributed by atoms with Crippen molar-refractivity contribution in [1.29, 1.82) is 0 Å². The molecule has 0 aliphatic carbocycles. The Balaban J connectivity index is 1.91. The molecule has 1 amide bonds. The molecule has 9 heteroatoms. The molecule has 2 aliphatic heterocycles. The van der Waals surface area contributed by atoms with Crippen LogP contribution in [0.4, 0.5) is 19.0 Å². The standard InChI is InChI=1S/C14H18F3N5O/c1-18-11-8-4-6-22(13(23)14(15,16)17)7-10(8)20-12(21-11)9-3-2-5-19-9/h9,19H,2-7H2,1H3,(H,18,20,21). The van der Waals surface area contributed by atoms with Crippen LogP contribution in [-0.4, -0.2) is 47.1 Å². The Kier molecular flexibility index (Phi) is 4.13. The first-order chi connectivity index (χ1) is 10.9. The molecule has 23 heavy (non-hydrogen) atoms. The van der Waals surface area contributed by atoms with Crippen LogP contribution in [0.3, 0.4) is 0 Å². The van der Waals surface area contributed by atoms with Crippen LogP contribution in [0.25, 0.3) is 0 Å². The molecule has 3 rings (SSSR count). The average Bonchev–Trinajstić information content (AvgIpc) is 3.06. The predicted molar refractivity (Wildman–Crippen MR) is 76.7 cm³/mol. The first-order valence-corrected chi connectivity index (χ1v) is 7.57. The number of anilines is 1. The Morgan fingerprint density at radius 3 is 2.78 bits per heavy atom. The fourth-order valence-corrected chi connectivity index (χ4v) is 3.07. The third kappa shape index (κ3) is 3.10. The highest BCUT2D eigenvalue weighted by molar-refractivity contribution is 5.82. The topological polar surface area (TPSA) is 70.2 Å². The Bertz CT molecular complexity index is 613. The van der Waals surface area contributed by atoms with Gasteiger partial charge in [0.25, 0.3) is 0 Å². The van der Waals surface area contributed by atoms with E-state index in [0.717, 1.165) is 29.8 Å². The highest BCUT2D eigenvalue weighted by Crippen LogP contribution is 2.29. The predicted octanol–water partition coefficient (Wildman–Crippen LogP) is 1.39. The highest BCUT2D eigenvalue weighted by Gasteiger charge is 2.43. The molecule has 1 unspecified atom stereocenters. The van der Waals surface area contributed by atoms with Crippen molar-refractivity contribution in [3.05, 3.63) is 17.1 Å². The Morgan fingerprint density at radius 1 is 1.39 bits per heavy atom. The first kappa shape index (κ1) is 16.0. The van der Waals surface area contributed by atoms with Gasteiger partial charge in [-0.15, -0.1) is 0 Å². The third-order valence-electron chi connectivity index (χ3n) is 4.22. The van der Waals surface area contributed by atoms with Crippen LogP contribution in [0.5, 0.6) is 0 Å². The zero-order valence-corrected chi connectivity index (χ0v) is 12.7. The van der Waals surface area contributed by atoms with Crippen molar-refractivity contribution in [1.82, 2.24) is 20.2 Å². The molecular weight excluding hydrogens is 311 g/mol. The third-order valence-corrected chi connectivity index (χ3v) is 4.22. The molecule has 6 nitrogen and oxygen atoms in total. The number of halogens is 3. The van der Waals surface area contributed by atoms with Gasteiger partial charge in [0.15, 0.2) is 0 Å². The first-order valence-electron chi connectivity index (χ1n) is 7.57. The van der Waals surface area contributed by atoms with Gasteiger partial charge in [-0.3, -0.25) is 4.79 Å². The Labute approximate surface area is 131 Å². The molecule has 2 N–H and O–H groups in total. The van der Waals surface area contributed by atoms with Gasteiger partial charge < -0.3 is 15.5 Å². The van der Waals surface area contributed by atoms with E-state index in [2.05, 4.69) is 20.6 Å². The molecule has 0 spiro atoms. The minimum atomic E-state index is -4.85. The van der Waals surface area contributed by atoms with Crippen LogP contribution >= 0.6 is 0 Å². The van der Waals surface area contributed by atoms with Gasteiger partial charge in [0, 0.05) is 19.2 Å². The lowest BCUT2D eigenvalue weighted by molar-refractivity contribution is -0.186. The number of nitrogens with zero attached hydrogens (tertiary/aromatic N) is 3. The summed E-state index contributed by atoms with van der Waals surface area (Å²) in [6.07, 6.45) is -2.64. The molecule has 1 atom stereocenters. The minimum absolute atomic E-state index is 0.0149. The molecule has 1 aromatic heterocycles. The van der Waals surface area contributed by atoms with Crippen molar-refractivity contribution in [2.75, 3.05) is 25.5 Å². The van der Waals surface area contributed by atoms with Gasteiger partial charge in [0.2, 0.25) is 0 Å². The second-order valence-electron chi connectivity index (χ2n) is 5.73. The lowest BCUT2D eigenvalue weighted by Gasteiger charge is -2.30. The van der Waals surface area contributed by atoms with Crippen molar-refractivity contribution in [3.63, 3.8) is 0 Å². The maximum Gasteiger partial charge on any atom is 0.471 e. The number of fused-ring (bicyclic) bond motifs is 1. The van der Waals surface area contributed by atoms with E-state index in [9.17, 15) is 18.0 Å². The quantitative estimate of drug-likeness (QED) is 0.858. The van der Waals surface area contributed by atoms with Crippen molar-refractivity contribution < 1.29 is 18.0 Å². The van der Waals surface area contributed by atoms with Gasteiger partial charge in [-0.2, -0.15) is 13.2 Å². The SMILES string of the molecule is CNc1nc(C2CCCN2)nc2c1CCN(C(=O)C(F)(F)F)C2. The number of hydrogen-bond donors (Lipinski definition) is 2. The summed E-state index contributed by atoms with van der Waals surface area (Å²) in [5.74, 6) is -0.599. The minimum Gasteiger partial charge on any atom is -0.373 e. The average molecular weight is 329 g/mol. The molecule has 1 aromatic rings. The van der Waals surface area contributed by atoms with E-state index in [1.54, 1.807) is 7.05 Å². The number of carbonyl (C=O) groups excluding carboxylic acids is 1. The molecule has 1 fully saturated rings. The second kappa shape index (κ2) is 5.95. The molecule has 1 saturated heterocycles. The Hall–Kier alpha value is -1.90. The zero-order chi connectivity index (χ0) is 16.6. The van der Waals surface area contributed by atoms with Crippen LogP contribution in [0.1, 0.15) is 36.0 Å². The lowest BCUT2D eigenvalue weighted by Crippen LogP contribution is -2.44. The molecule has 0 aromatic carbocycles.